The van der Waals surface area contributed by atoms with Gasteiger partial charge in [0.25, 0.3) is 5.56 Å². The molecule has 0 saturated heterocycles. The van der Waals surface area contributed by atoms with E-state index >= 15 is 0 Å². The largest absolute Gasteiger partial charge is 0.497 e. The number of thioether (sulfide) groups is 1. The predicted octanol–water partition coefficient (Wildman–Crippen LogP) is 3.32. The zero-order valence-electron chi connectivity index (χ0n) is 14.7. The minimum absolute atomic E-state index is 0.0824. The molecule has 134 valence electrons. The highest BCUT2D eigenvalue weighted by Gasteiger charge is 2.31. The molecule has 3 rings (SSSR count). The van der Waals surface area contributed by atoms with Crippen LogP contribution in [0.3, 0.4) is 0 Å². The first kappa shape index (κ1) is 17.7. The Morgan fingerprint density at radius 2 is 1.92 bits per heavy atom. The summed E-state index contributed by atoms with van der Waals surface area (Å²) in [5, 5.41) is 5.67. The van der Waals surface area contributed by atoms with Crippen LogP contribution >= 0.6 is 11.8 Å². The van der Waals surface area contributed by atoms with Gasteiger partial charge in [0.1, 0.15) is 11.6 Å². The van der Waals surface area contributed by atoms with E-state index in [0.29, 0.717) is 17.1 Å². The van der Waals surface area contributed by atoms with Crippen LogP contribution in [0.2, 0.25) is 0 Å². The monoisotopic (exact) mass is 361 g/mol. The smallest absolute Gasteiger partial charge is 0.270 e. The summed E-state index contributed by atoms with van der Waals surface area (Å²) in [6, 6.07) is 7.80. The quantitative estimate of drug-likeness (QED) is 0.856. The molecule has 1 aromatic heterocycles. The highest BCUT2D eigenvalue weighted by Crippen LogP contribution is 2.41. The molecular weight excluding hydrogens is 338 g/mol. The number of anilines is 1. The number of aromatic amines is 1. The van der Waals surface area contributed by atoms with E-state index in [1.165, 1.54) is 11.8 Å². The number of ether oxygens (including phenoxy) is 1. The lowest BCUT2D eigenvalue weighted by Gasteiger charge is -2.18. The Morgan fingerprint density at radius 1 is 1.24 bits per heavy atom. The van der Waals surface area contributed by atoms with Crippen LogP contribution in [-0.4, -0.2) is 28.6 Å². The molecule has 7 heteroatoms. The van der Waals surface area contributed by atoms with Crippen LogP contribution in [0.4, 0.5) is 5.82 Å². The Kier molecular flexibility index (Phi) is 5.22. The number of aromatic nitrogens is 2. The average Bonchev–Trinajstić information content (AvgIpc) is 2.83. The summed E-state index contributed by atoms with van der Waals surface area (Å²) in [6.45, 7) is 4.15. The fourth-order valence-corrected chi connectivity index (χ4v) is 4.34. The molecule has 0 aliphatic carbocycles. The first-order valence-electron chi connectivity index (χ1n) is 8.48. The molecule has 2 N–H and O–H groups in total. The van der Waals surface area contributed by atoms with Gasteiger partial charge in [-0.25, -0.2) is 0 Å². The van der Waals surface area contributed by atoms with Gasteiger partial charge < -0.3 is 10.1 Å². The number of benzene rings is 1. The predicted molar refractivity (Wildman–Crippen MR) is 101 cm³/mol. The van der Waals surface area contributed by atoms with Gasteiger partial charge >= 0.3 is 0 Å². The second-order valence-corrected chi connectivity index (χ2v) is 7.15. The van der Waals surface area contributed by atoms with Gasteiger partial charge in [0, 0.05) is 0 Å². The van der Waals surface area contributed by atoms with Gasteiger partial charge in [0.15, 0.2) is 0 Å². The van der Waals surface area contributed by atoms with Gasteiger partial charge in [-0.05, 0) is 30.5 Å². The van der Waals surface area contributed by atoms with Crippen molar-refractivity contribution in [2.24, 2.45) is 0 Å². The van der Waals surface area contributed by atoms with Crippen molar-refractivity contribution in [2.75, 3.05) is 18.2 Å². The van der Waals surface area contributed by atoms with Crippen LogP contribution in [0.5, 0.6) is 5.75 Å². The molecule has 2 aromatic rings. The number of H-pyrrole nitrogens is 1. The molecule has 0 bridgehead atoms. The van der Waals surface area contributed by atoms with Crippen LogP contribution in [0.25, 0.3) is 0 Å². The van der Waals surface area contributed by atoms with Gasteiger partial charge in [-0.3, -0.25) is 19.4 Å². The van der Waals surface area contributed by atoms with Crippen molar-refractivity contribution in [2.45, 2.75) is 38.0 Å². The second-order valence-electron chi connectivity index (χ2n) is 6.06. The second kappa shape index (κ2) is 7.39. The molecule has 0 spiro atoms. The fourth-order valence-electron chi connectivity index (χ4n) is 3.21. The van der Waals surface area contributed by atoms with Crippen molar-refractivity contribution >= 4 is 23.5 Å². The Bertz CT molecular complexity index is 806. The maximum Gasteiger partial charge on any atom is 0.270 e. The fraction of sp³-hybridized carbons (Fsp3) is 0.444. The summed E-state index contributed by atoms with van der Waals surface area (Å²) in [7, 11) is 1.62. The number of hydrogen-bond donors (Lipinski definition) is 2. The van der Waals surface area contributed by atoms with Crippen molar-refractivity contribution in [1.29, 1.82) is 0 Å². The SMILES string of the molecule is CCC(CC)n1[nH]c(=O)c2c1NC(=O)CS[C@@H]2c1ccc(OC)cc1. The minimum atomic E-state index is -0.195. The summed E-state index contributed by atoms with van der Waals surface area (Å²) in [4.78, 5) is 24.9. The maximum absolute atomic E-state index is 12.7. The lowest BCUT2D eigenvalue weighted by atomic mass is 10.1. The van der Waals surface area contributed by atoms with Crippen molar-refractivity contribution in [1.82, 2.24) is 9.78 Å². The van der Waals surface area contributed by atoms with Gasteiger partial charge in [-0.15, -0.1) is 11.8 Å². The molecule has 1 aliphatic heterocycles. The highest BCUT2D eigenvalue weighted by molar-refractivity contribution is 8.00. The van der Waals surface area contributed by atoms with Gasteiger partial charge in [-0.2, -0.15) is 0 Å². The van der Waals surface area contributed by atoms with E-state index in [1.807, 2.05) is 28.9 Å². The number of amides is 1. The molecule has 25 heavy (non-hydrogen) atoms. The third kappa shape index (κ3) is 3.33. The van der Waals surface area contributed by atoms with E-state index in [9.17, 15) is 9.59 Å². The topological polar surface area (TPSA) is 76.1 Å². The molecule has 1 amide bonds. The van der Waals surface area contributed by atoms with Crippen molar-refractivity contribution in [3.8, 4) is 5.75 Å². The molecule has 1 atom stereocenters. The van der Waals surface area contributed by atoms with Crippen LogP contribution in [0.1, 0.15) is 49.1 Å². The summed E-state index contributed by atoms with van der Waals surface area (Å²) >= 11 is 1.47. The third-order valence-corrected chi connectivity index (χ3v) is 5.86. The number of rotatable bonds is 5. The first-order valence-corrected chi connectivity index (χ1v) is 9.53. The number of methoxy groups -OCH3 is 1. The standard InChI is InChI=1S/C18H23N3O3S/c1-4-12(5-2)21-17-15(18(23)20-21)16(25-10-14(22)19-17)11-6-8-13(24-3)9-7-11/h6-9,12,16H,4-5,10H2,1-3H3,(H,19,22)(H,20,23)/t16-/m1/s1. The Hall–Kier alpha value is -2.15. The summed E-state index contributed by atoms with van der Waals surface area (Å²) in [6.07, 6.45) is 1.76. The maximum atomic E-state index is 12.7. The molecule has 1 aromatic carbocycles. The van der Waals surface area contributed by atoms with Crippen molar-refractivity contribution in [3.63, 3.8) is 0 Å². The number of hydrogen-bond acceptors (Lipinski definition) is 4. The number of nitrogens with zero attached hydrogens (tertiary/aromatic N) is 1. The number of fused-ring (bicyclic) bond motifs is 1. The number of carbonyl (C=O) groups excluding carboxylic acids is 1. The average molecular weight is 361 g/mol. The van der Waals surface area contributed by atoms with Crippen LogP contribution in [0.15, 0.2) is 29.1 Å². The van der Waals surface area contributed by atoms with Gasteiger partial charge in [0.05, 0.1) is 29.7 Å². The molecule has 0 saturated carbocycles. The van der Waals surface area contributed by atoms with Gasteiger partial charge in [0.2, 0.25) is 5.91 Å². The van der Waals surface area contributed by atoms with E-state index in [1.54, 1.807) is 7.11 Å². The lowest BCUT2D eigenvalue weighted by molar-refractivity contribution is -0.113. The zero-order chi connectivity index (χ0) is 18.0. The highest BCUT2D eigenvalue weighted by atomic mass is 32.2. The third-order valence-electron chi connectivity index (χ3n) is 4.59. The summed E-state index contributed by atoms with van der Waals surface area (Å²) in [5.74, 6) is 1.60. The minimum Gasteiger partial charge on any atom is -0.497 e. The van der Waals surface area contributed by atoms with Crippen LogP contribution < -0.4 is 15.6 Å². The molecular formula is C18H23N3O3S. The molecule has 1 aliphatic rings. The van der Waals surface area contributed by atoms with E-state index < -0.39 is 0 Å². The number of carbonyl (C=O) groups is 1. The molecule has 0 fully saturated rings. The summed E-state index contributed by atoms with van der Waals surface area (Å²) in [5.41, 5.74) is 1.46. The van der Waals surface area contributed by atoms with Crippen LogP contribution in [0, 0.1) is 0 Å². The molecule has 2 heterocycles. The van der Waals surface area contributed by atoms with E-state index in [2.05, 4.69) is 24.3 Å². The van der Waals surface area contributed by atoms with E-state index in [0.717, 1.165) is 24.2 Å². The zero-order valence-corrected chi connectivity index (χ0v) is 15.5. The Morgan fingerprint density at radius 3 is 2.52 bits per heavy atom. The number of nitrogens with one attached hydrogen (secondary N) is 2. The Balaban J connectivity index is 2.11. The van der Waals surface area contributed by atoms with Crippen LogP contribution in [-0.2, 0) is 4.79 Å². The molecule has 0 unspecified atom stereocenters. The normalized spacial score (nSPS) is 17.1. The first-order chi connectivity index (χ1) is 12.1. The van der Waals surface area contributed by atoms with E-state index in [-0.39, 0.29) is 22.8 Å². The lowest BCUT2D eigenvalue weighted by Crippen LogP contribution is -2.19. The van der Waals surface area contributed by atoms with Crippen molar-refractivity contribution < 1.29 is 9.53 Å². The van der Waals surface area contributed by atoms with Crippen molar-refractivity contribution in [3.05, 3.63) is 45.7 Å². The van der Waals surface area contributed by atoms with E-state index in [4.69, 9.17) is 4.74 Å². The Labute approximate surface area is 150 Å². The molecule has 6 nitrogen and oxygen atoms in total. The summed E-state index contributed by atoms with van der Waals surface area (Å²) < 4.78 is 7.04. The molecule has 0 radical (unpaired) electrons. The van der Waals surface area contributed by atoms with Gasteiger partial charge in [-0.1, -0.05) is 26.0 Å².